The number of nitrogens with one attached hydrogen (secondary N) is 2. The molecule has 0 spiro atoms. The van der Waals surface area contributed by atoms with Crippen LogP contribution in [0.2, 0.25) is 10.0 Å². The van der Waals surface area contributed by atoms with E-state index in [4.69, 9.17) is 40.2 Å². The van der Waals surface area contributed by atoms with Crippen molar-refractivity contribution in [2.45, 2.75) is 38.7 Å². The number of amides is 1. The van der Waals surface area contributed by atoms with E-state index in [-0.39, 0.29) is 5.11 Å². The second kappa shape index (κ2) is 9.10. The van der Waals surface area contributed by atoms with E-state index in [9.17, 15) is 10.1 Å². The number of ether oxygens (including phenoxy) is 1. The molecule has 2 N–H and O–H groups in total. The SMILES string of the molecule is C[C@H](Oc1ccc(Cl)cc1Cl)C(=O)NC(=S)Nc1sc2c(c1C#N)CCCC2. The van der Waals surface area contributed by atoms with Crippen LogP contribution in [0.15, 0.2) is 18.2 Å². The largest absolute Gasteiger partial charge is 0.479 e. The third kappa shape index (κ3) is 4.76. The molecule has 2 aromatic rings. The lowest BCUT2D eigenvalue weighted by molar-refractivity contribution is -0.125. The predicted octanol–water partition coefficient (Wildman–Crippen LogP) is 5.09. The summed E-state index contributed by atoms with van der Waals surface area (Å²) >= 11 is 18.7. The number of halogens is 2. The number of carbonyl (C=O) groups excluding carboxylic acids is 1. The molecule has 3 rings (SSSR count). The van der Waals surface area contributed by atoms with Gasteiger partial charge in [-0.3, -0.25) is 10.1 Å². The number of carbonyl (C=O) groups is 1. The Balaban J connectivity index is 1.62. The minimum atomic E-state index is -0.828. The highest BCUT2D eigenvalue weighted by molar-refractivity contribution is 7.80. The van der Waals surface area contributed by atoms with Crippen molar-refractivity contribution in [3.05, 3.63) is 44.2 Å². The van der Waals surface area contributed by atoms with Crippen LogP contribution < -0.4 is 15.4 Å². The average Bonchev–Trinajstić information content (AvgIpc) is 3.00. The number of rotatable bonds is 4. The Morgan fingerprint density at radius 3 is 2.82 bits per heavy atom. The lowest BCUT2D eigenvalue weighted by Gasteiger charge is -2.16. The van der Waals surface area contributed by atoms with Gasteiger partial charge in [-0.25, -0.2) is 0 Å². The molecule has 0 saturated heterocycles. The van der Waals surface area contributed by atoms with E-state index in [1.165, 1.54) is 22.3 Å². The zero-order chi connectivity index (χ0) is 20.3. The van der Waals surface area contributed by atoms with E-state index in [2.05, 4.69) is 16.7 Å². The second-order valence-electron chi connectivity index (χ2n) is 6.31. The van der Waals surface area contributed by atoms with Crippen molar-refractivity contribution in [2.75, 3.05) is 5.32 Å². The summed E-state index contributed by atoms with van der Waals surface area (Å²) in [6.07, 6.45) is 3.26. The molecule has 1 amide bonds. The first-order valence-electron chi connectivity index (χ1n) is 8.67. The molecule has 0 saturated carbocycles. The molecule has 1 aliphatic rings. The number of thiocarbonyl (C=S) groups is 1. The summed E-state index contributed by atoms with van der Waals surface area (Å²) in [4.78, 5) is 13.6. The standard InChI is InChI=1S/C19H17Cl2N3O2S2/c1-10(26-15-7-6-11(20)8-14(15)21)17(25)23-19(27)24-18-13(9-22)12-4-2-3-5-16(12)28-18/h6-8,10H,2-5H2,1H3,(H2,23,24,25,27)/t10-/m0/s1. The predicted molar refractivity (Wildman–Crippen MR) is 117 cm³/mol. The first kappa shape index (κ1) is 20.9. The van der Waals surface area contributed by atoms with Crippen molar-refractivity contribution < 1.29 is 9.53 Å². The molecule has 0 fully saturated rings. The Hall–Kier alpha value is -1.85. The molecule has 5 nitrogen and oxygen atoms in total. The van der Waals surface area contributed by atoms with Gasteiger partial charge in [0.2, 0.25) is 0 Å². The fourth-order valence-electron chi connectivity index (χ4n) is 2.93. The van der Waals surface area contributed by atoms with E-state index in [0.717, 1.165) is 31.2 Å². The highest BCUT2D eigenvalue weighted by atomic mass is 35.5. The molecule has 0 aliphatic heterocycles. The van der Waals surface area contributed by atoms with E-state index >= 15 is 0 Å². The Morgan fingerprint density at radius 1 is 1.36 bits per heavy atom. The molecular formula is C19H17Cl2N3O2S2. The molecular weight excluding hydrogens is 437 g/mol. The smallest absolute Gasteiger partial charge is 0.266 e. The maximum absolute atomic E-state index is 12.4. The van der Waals surface area contributed by atoms with Crippen LogP contribution in [0.25, 0.3) is 0 Å². The normalized spacial score (nSPS) is 13.8. The number of hydrogen-bond acceptors (Lipinski definition) is 5. The number of thiophene rings is 1. The maximum Gasteiger partial charge on any atom is 0.266 e. The Kier molecular flexibility index (Phi) is 6.78. The van der Waals surface area contributed by atoms with Crippen LogP contribution in [-0.4, -0.2) is 17.1 Å². The number of nitrogens with zero attached hydrogens (tertiary/aromatic N) is 1. The summed E-state index contributed by atoms with van der Waals surface area (Å²) in [5.74, 6) is -0.0753. The molecule has 146 valence electrons. The van der Waals surface area contributed by atoms with Gasteiger partial charge in [0, 0.05) is 9.90 Å². The van der Waals surface area contributed by atoms with Gasteiger partial charge in [0.1, 0.15) is 16.8 Å². The van der Waals surface area contributed by atoms with Gasteiger partial charge in [-0.05, 0) is 68.6 Å². The Bertz CT molecular complexity index is 969. The second-order valence-corrected chi connectivity index (χ2v) is 8.66. The van der Waals surface area contributed by atoms with Crippen molar-refractivity contribution in [3.8, 4) is 11.8 Å². The molecule has 1 heterocycles. The summed E-state index contributed by atoms with van der Waals surface area (Å²) in [5.41, 5.74) is 1.72. The monoisotopic (exact) mass is 453 g/mol. The van der Waals surface area contributed by atoms with Crippen molar-refractivity contribution in [1.29, 1.82) is 5.26 Å². The van der Waals surface area contributed by atoms with Crippen molar-refractivity contribution in [1.82, 2.24) is 5.32 Å². The highest BCUT2D eigenvalue weighted by Gasteiger charge is 2.22. The van der Waals surface area contributed by atoms with E-state index < -0.39 is 12.0 Å². The number of hydrogen-bond donors (Lipinski definition) is 2. The Labute approximate surface area is 182 Å². The van der Waals surface area contributed by atoms with Gasteiger partial charge in [0.15, 0.2) is 11.2 Å². The summed E-state index contributed by atoms with van der Waals surface area (Å²) in [6.45, 7) is 1.59. The Morgan fingerprint density at radius 2 is 2.11 bits per heavy atom. The topological polar surface area (TPSA) is 74.2 Å². The molecule has 1 aliphatic carbocycles. The first-order chi connectivity index (χ1) is 13.4. The van der Waals surface area contributed by atoms with Crippen LogP contribution in [0.3, 0.4) is 0 Å². The third-order valence-electron chi connectivity index (χ3n) is 4.31. The molecule has 1 aromatic carbocycles. The molecule has 1 aromatic heterocycles. The van der Waals surface area contributed by atoms with Crippen molar-refractivity contribution >= 4 is 62.8 Å². The first-order valence-corrected chi connectivity index (χ1v) is 10.6. The zero-order valence-corrected chi connectivity index (χ0v) is 18.1. The van der Waals surface area contributed by atoms with Crippen molar-refractivity contribution in [2.24, 2.45) is 0 Å². The number of aryl methyl sites for hydroxylation is 1. The van der Waals surface area contributed by atoms with Crippen LogP contribution in [0.5, 0.6) is 5.75 Å². The molecule has 0 unspecified atom stereocenters. The van der Waals surface area contributed by atoms with Gasteiger partial charge in [0.25, 0.3) is 5.91 Å². The maximum atomic E-state index is 12.4. The minimum absolute atomic E-state index is 0.123. The molecule has 28 heavy (non-hydrogen) atoms. The number of anilines is 1. The van der Waals surface area contributed by atoms with Crippen LogP contribution in [0, 0.1) is 11.3 Å². The quantitative estimate of drug-likeness (QED) is 0.630. The summed E-state index contributed by atoms with van der Waals surface area (Å²) in [5, 5.41) is 16.7. The van der Waals surface area contributed by atoms with Crippen LogP contribution >= 0.6 is 46.8 Å². The van der Waals surface area contributed by atoms with Crippen LogP contribution in [0.4, 0.5) is 5.00 Å². The summed E-state index contributed by atoms with van der Waals surface area (Å²) < 4.78 is 5.58. The molecule has 0 radical (unpaired) electrons. The molecule has 9 heteroatoms. The zero-order valence-electron chi connectivity index (χ0n) is 15.0. The third-order valence-corrected chi connectivity index (χ3v) is 6.26. The lowest BCUT2D eigenvalue weighted by Crippen LogP contribution is -2.42. The van der Waals surface area contributed by atoms with Gasteiger partial charge in [0.05, 0.1) is 10.6 Å². The van der Waals surface area contributed by atoms with Crippen LogP contribution in [0.1, 0.15) is 35.8 Å². The fourth-order valence-corrected chi connectivity index (χ4v) is 4.90. The van der Waals surface area contributed by atoms with E-state index in [1.54, 1.807) is 19.1 Å². The van der Waals surface area contributed by atoms with Gasteiger partial charge in [-0.2, -0.15) is 5.26 Å². The summed E-state index contributed by atoms with van der Waals surface area (Å²) in [6, 6.07) is 7.02. The van der Waals surface area contributed by atoms with Gasteiger partial charge >= 0.3 is 0 Å². The van der Waals surface area contributed by atoms with Gasteiger partial charge < -0.3 is 10.1 Å². The highest BCUT2D eigenvalue weighted by Crippen LogP contribution is 2.37. The van der Waals surface area contributed by atoms with Gasteiger partial charge in [-0.15, -0.1) is 11.3 Å². The molecule has 0 bridgehead atoms. The fraction of sp³-hybridized carbons (Fsp3) is 0.316. The van der Waals surface area contributed by atoms with Crippen LogP contribution in [-0.2, 0) is 17.6 Å². The number of fused-ring (bicyclic) bond motifs is 1. The average molecular weight is 454 g/mol. The summed E-state index contributed by atoms with van der Waals surface area (Å²) in [7, 11) is 0. The van der Waals surface area contributed by atoms with E-state index in [1.807, 2.05) is 0 Å². The lowest BCUT2D eigenvalue weighted by atomic mass is 9.96. The minimum Gasteiger partial charge on any atom is -0.479 e. The number of nitriles is 1. The van der Waals surface area contributed by atoms with Crippen molar-refractivity contribution in [3.63, 3.8) is 0 Å². The molecule has 1 atom stereocenters. The van der Waals surface area contributed by atoms with Gasteiger partial charge in [-0.1, -0.05) is 23.2 Å². The number of benzene rings is 1. The van der Waals surface area contributed by atoms with E-state index in [0.29, 0.717) is 26.4 Å².